The molecule has 0 fully saturated rings. The summed E-state index contributed by atoms with van der Waals surface area (Å²) in [7, 11) is 0. The molecule has 0 spiro atoms. The van der Waals surface area contributed by atoms with E-state index in [1.807, 2.05) is 13.0 Å². The molecule has 0 N–H and O–H groups in total. The lowest BCUT2D eigenvalue weighted by atomic mass is 9.92. The Morgan fingerprint density at radius 3 is 3.15 bits per heavy atom. The van der Waals surface area contributed by atoms with Crippen molar-refractivity contribution in [3.05, 3.63) is 34.0 Å². The molecule has 1 aliphatic rings. The lowest BCUT2D eigenvalue weighted by Crippen LogP contribution is -2.10. The molecule has 1 unspecified atom stereocenters. The lowest BCUT2D eigenvalue weighted by Gasteiger charge is -2.18. The summed E-state index contributed by atoms with van der Waals surface area (Å²) < 4.78 is 0. The van der Waals surface area contributed by atoms with Crippen molar-refractivity contribution in [1.29, 1.82) is 0 Å². The van der Waals surface area contributed by atoms with Gasteiger partial charge in [-0.1, -0.05) is 11.2 Å². The molecule has 68 valence electrons. The maximum Gasteiger partial charge on any atom is 0.134 e. The smallest absolute Gasteiger partial charge is 0.134 e. The van der Waals surface area contributed by atoms with Gasteiger partial charge in [0.05, 0.1) is 5.69 Å². The van der Waals surface area contributed by atoms with Crippen LogP contribution >= 0.6 is 0 Å². The molecule has 0 saturated heterocycles. The molecule has 0 bridgehead atoms. The zero-order valence-corrected chi connectivity index (χ0v) is 7.66. The van der Waals surface area contributed by atoms with Crippen LogP contribution in [0.1, 0.15) is 35.8 Å². The summed E-state index contributed by atoms with van der Waals surface area (Å²) in [6.45, 7) is 1.94. The monoisotopic (exact) mass is 176 g/mol. The average Bonchev–Trinajstić information content (AvgIpc) is 2.17. The number of pyridine rings is 1. The normalized spacial score (nSPS) is 20.8. The van der Waals surface area contributed by atoms with Gasteiger partial charge >= 0.3 is 0 Å². The Morgan fingerprint density at radius 2 is 2.38 bits per heavy atom. The van der Waals surface area contributed by atoms with E-state index in [-0.39, 0.29) is 6.04 Å². The fraction of sp³-hybridized carbons (Fsp3) is 0.500. The summed E-state index contributed by atoms with van der Waals surface area (Å²) in [6, 6.07) is 3.85. The average molecular weight is 176 g/mol. The predicted molar refractivity (Wildman–Crippen MR) is 50.4 cm³/mol. The summed E-state index contributed by atoms with van der Waals surface area (Å²) in [5.41, 5.74) is 3.07. The Morgan fingerprint density at radius 1 is 1.54 bits per heavy atom. The minimum absolute atomic E-state index is 0.205. The largest absolute Gasteiger partial charge is 0.255 e. The van der Waals surface area contributed by atoms with Crippen molar-refractivity contribution >= 4 is 0 Å². The van der Waals surface area contributed by atoms with E-state index >= 15 is 0 Å². The summed E-state index contributed by atoms with van der Waals surface area (Å²) in [5.74, 6) is 0. The molecule has 1 atom stereocenters. The molecule has 3 heteroatoms. The first kappa shape index (κ1) is 8.35. The Hall–Kier alpha value is -1.25. The van der Waals surface area contributed by atoms with Gasteiger partial charge in [-0.05, 0) is 37.8 Å². The highest BCUT2D eigenvalue weighted by molar-refractivity contribution is 5.27. The summed E-state index contributed by atoms with van der Waals surface area (Å²) >= 11 is 0. The van der Waals surface area contributed by atoms with Crippen LogP contribution in [0.15, 0.2) is 17.3 Å². The maximum atomic E-state index is 10.5. The molecule has 1 heterocycles. The number of rotatable bonds is 1. The number of nitrogens with zero attached hydrogens (tertiary/aromatic N) is 2. The van der Waals surface area contributed by atoms with Crippen molar-refractivity contribution in [3.63, 3.8) is 0 Å². The highest BCUT2D eigenvalue weighted by atomic mass is 16.3. The number of hydrogen-bond donors (Lipinski definition) is 0. The van der Waals surface area contributed by atoms with Crippen molar-refractivity contribution in [3.8, 4) is 0 Å². The molecule has 2 rings (SSSR count). The van der Waals surface area contributed by atoms with E-state index in [2.05, 4.69) is 16.2 Å². The van der Waals surface area contributed by atoms with Crippen LogP contribution in [0.2, 0.25) is 0 Å². The predicted octanol–water partition coefficient (Wildman–Crippen LogP) is 2.53. The molecule has 0 radical (unpaired) electrons. The second-order valence-corrected chi connectivity index (χ2v) is 3.51. The Balaban J connectivity index is 2.47. The number of fused-ring (bicyclic) bond motifs is 1. The fourth-order valence-electron chi connectivity index (χ4n) is 1.83. The van der Waals surface area contributed by atoms with Gasteiger partial charge in [-0.25, -0.2) is 0 Å². The zero-order chi connectivity index (χ0) is 9.26. The van der Waals surface area contributed by atoms with E-state index in [9.17, 15) is 4.91 Å². The Labute approximate surface area is 77.2 Å². The fourth-order valence-corrected chi connectivity index (χ4v) is 1.83. The highest BCUT2D eigenvalue weighted by Crippen LogP contribution is 2.30. The van der Waals surface area contributed by atoms with Crippen LogP contribution < -0.4 is 0 Å². The third-order valence-electron chi connectivity index (χ3n) is 2.52. The van der Waals surface area contributed by atoms with Crippen molar-refractivity contribution in [2.75, 3.05) is 0 Å². The van der Waals surface area contributed by atoms with E-state index in [0.29, 0.717) is 0 Å². The van der Waals surface area contributed by atoms with E-state index in [4.69, 9.17) is 0 Å². The standard InChI is InChI=1S/C10H12N2O/c1-7-5-6-8-3-2-4-9(12-13)10(8)11-7/h5-6,9H,2-4H2,1H3. The van der Waals surface area contributed by atoms with E-state index in [1.165, 1.54) is 5.56 Å². The number of hydrogen-bond acceptors (Lipinski definition) is 3. The van der Waals surface area contributed by atoms with Gasteiger partial charge in [0, 0.05) is 5.69 Å². The second-order valence-electron chi connectivity index (χ2n) is 3.51. The topological polar surface area (TPSA) is 42.3 Å². The highest BCUT2D eigenvalue weighted by Gasteiger charge is 2.21. The number of aryl methyl sites for hydroxylation is 2. The van der Waals surface area contributed by atoms with Gasteiger partial charge in [0.25, 0.3) is 0 Å². The third kappa shape index (κ3) is 1.46. The third-order valence-corrected chi connectivity index (χ3v) is 2.52. The molecule has 3 nitrogen and oxygen atoms in total. The Bertz CT molecular complexity index is 336. The van der Waals surface area contributed by atoms with Crippen molar-refractivity contribution in [2.45, 2.75) is 32.2 Å². The molecule has 1 aromatic rings. The quantitative estimate of drug-likeness (QED) is 0.617. The summed E-state index contributed by atoms with van der Waals surface area (Å²) in [4.78, 5) is 14.9. The first-order chi connectivity index (χ1) is 6.31. The molecule has 1 aromatic heterocycles. The first-order valence-corrected chi connectivity index (χ1v) is 4.60. The molecular formula is C10H12N2O. The Kier molecular flexibility index (Phi) is 2.08. The molecule has 0 aromatic carbocycles. The molecule has 0 aliphatic heterocycles. The first-order valence-electron chi connectivity index (χ1n) is 4.60. The van der Waals surface area contributed by atoms with Gasteiger partial charge in [-0.15, -0.1) is 0 Å². The van der Waals surface area contributed by atoms with Crippen LogP contribution in [0.3, 0.4) is 0 Å². The number of nitroso groups, excluding NO2 is 1. The van der Waals surface area contributed by atoms with Gasteiger partial charge < -0.3 is 0 Å². The molecular weight excluding hydrogens is 164 g/mol. The van der Waals surface area contributed by atoms with Gasteiger partial charge in [0.2, 0.25) is 0 Å². The molecule has 1 aliphatic carbocycles. The van der Waals surface area contributed by atoms with Crippen LogP contribution in [0.4, 0.5) is 0 Å². The minimum Gasteiger partial charge on any atom is -0.255 e. The van der Waals surface area contributed by atoms with Gasteiger partial charge in [-0.3, -0.25) is 4.98 Å². The van der Waals surface area contributed by atoms with Gasteiger partial charge in [0.15, 0.2) is 0 Å². The minimum atomic E-state index is -0.205. The molecule has 13 heavy (non-hydrogen) atoms. The van der Waals surface area contributed by atoms with Crippen molar-refractivity contribution < 1.29 is 0 Å². The molecule has 0 amide bonds. The summed E-state index contributed by atoms with van der Waals surface area (Å²) in [6.07, 6.45) is 2.94. The van der Waals surface area contributed by atoms with Crippen LogP contribution in [0.25, 0.3) is 0 Å². The molecule has 0 saturated carbocycles. The van der Waals surface area contributed by atoms with Gasteiger partial charge in [0.1, 0.15) is 6.04 Å². The van der Waals surface area contributed by atoms with Crippen LogP contribution in [-0.4, -0.2) is 4.98 Å². The van der Waals surface area contributed by atoms with Crippen LogP contribution in [0, 0.1) is 11.8 Å². The van der Waals surface area contributed by atoms with E-state index in [1.54, 1.807) is 0 Å². The summed E-state index contributed by atoms with van der Waals surface area (Å²) in [5, 5.41) is 3.12. The lowest BCUT2D eigenvalue weighted by molar-refractivity contribution is 0.551. The van der Waals surface area contributed by atoms with E-state index < -0.39 is 0 Å². The zero-order valence-electron chi connectivity index (χ0n) is 7.66. The van der Waals surface area contributed by atoms with Crippen LogP contribution in [0.5, 0.6) is 0 Å². The van der Waals surface area contributed by atoms with Crippen molar-refractivity contribution in [2.24, 2.45) is 5.18 Å². The maximum absolute atomic E-state index is 10.5. The second kappa shape index (κ2) is 3.24. The number of aromatic nitrogens is 1. The van der Waals surface area contributed by atoms with E-state index in [0.717, 1.165) is 30.7 Å². The van der Waals surface area contributed by atoms with Gasteiger partial charge in [-0.2, -0.15) is 4.91 Å². The van der Waals surface area contributed by atoms with Crippen molar-refractivity contribution in [1.82, 2.24) is 4.98 Å². The SMILES string of the molecule is Cc1ccc2c(n1)C(N=O)CCC2. The van der Waals surface area contributed by atoms with Crippen LogP contribution in [-0.2, 0) is 6.42 Å².